The fourth-order valence-corrected chi connectivity index (χ4v) is 2.88. The first kappa shape index (κ1) is 22.1. The fraction of sp³-hybridized carbons (Fsp3) is 0.667. The van der Waals surface area contributed by atoms with Crippen LogP contribution in [0.3, 0.4) is 0 Å². The minimum atomic E-state index is -0.225. The van der Waals surface area contributed by atoms with E-state index in [1.807, 2.05) is 34.6 Å². The standard InChI is InChI=1S/C15H27N5OS.HI/c1-10-12(22-11(2)19-10)7-8-17-14(16-6)18-9-13(21)20-15(3,4)5;/h7-9H2,1-6H3,(H,20,21)(H2,16,17,18);1H. The monoisotopic (exact) mass is 453 g/mol. The minimum Gasteiger partial charge on any atom is -0.356 e. The number of hydrogen-bond donors (Lipinski definition) is 3. The minimum absolute atomic E-state index is 0. The van der Waals surface area contributed by atoms with Crippen LogP contribution in [0.5, 0.6) is 0 Å². The van der Waals surface area contributed by atoms with Crippen LogP contribution in [0, 0.1) is 13.8 Å². The molecule has 0 aliphatic heterocycles. The first-order valence-corrected chi connectivity index (χ1v) is 8.21. The molecular formula is C15H28IN5OS. The van der Waals surface area contributed by atoms with Crippen LogP contribution in [0.2, 0.25) is 0 Å². The van der Waals surface area contributed by atoms with Crippen molar-refractivity contribution in [3.8, 4) is 0 Å². The number of nitrogens with one attached hydrogen (secondary N) is 3. The zero-order valence-electron chi connectivity index (χ0n) is 14.7. The summed E-state index contributed by atoms with van der Waals surface area (Å²) in [6.45, 7) is 10.9. The summed E-state index contributed by atoms with van der Waals surface area (Å²) >= 11 is 1.72. The summed E-state index contributed by atoms with van der Waals surface area (Å²) in [6, 6.07) is 0. The van der Waals surface area contributed by atoms with Gasteiger partial charge < -0.3 is 16.0 Å². The number of hydrogen-bond acceptors (Lipinski definition) is 4. The Morgan fingerprint density at radius 2 is 1.91 bits per heavy atom. The van der Waals surface area contributed by atoms with E-state index in [2.05, 4.69) is 25.9 Å². The smallest absolute Gasteiger partial charge is 0.239 e. The zero-order chi connectivity index (χ0) is 16.8. The van der Waals surface area contributed by atoms with Crippen LogP contribution in [0.15, 0.2) is 4.99 Å². The number of carbonyl (C=O) groups is 1. The van der Waals surface area contributed by atoms with E-state index in [-0.39, 0.29) is 42.0 Å². The highest BCUT2D eigenvalue weighted by Crippen LogP contribution is 2.16. The Morgan fingerprint density at radius 1 is 1.26 bits per heavy atom. The Balaban J connectivity index is 0.00000484. The van der Waals surface area contributed by atoms with Gasteiger partial charge in [0.2, 0.25) is 5.91 Å². The Kier molecular flexibility index (Phi) is 9.67. The Hall–Kier alpha value is -0.900. The molecular weight excluding hydrogens is 425 g/mol. The van der Waals surface area contributed by atoms with Gasteiger partial charge in [-0.05, 0) is 34.6 Å². The van der Waals surface area contributed by atoms with Crippen LogP contribution in [0.4, 0.5) is 0 Å². The van der Waals surface area contributed by atoms with Crippen LogP contribution in [-0.4, -0.2) is 42.5 Å². The number of guanidine groups is 1. The lowest BCUT2D eigenvalue weighted by Gasteiger charge is -2.21. The second kappa shape index (κ2) is 10.1. The predicted molar refractivity (Wildman–Crippen MR) is 108 cm³/mol. The van der Waals surface area contributed by atoms with Gasteiger partial charge in [0.15, 0.2) is 5.96 Å². The molecule has 1 heterocycles. The molecule has 0 aromatic carbocycles. The average Bonchev–Trinajstić information content (AvgIpc) is 2.70. The lowest BCUT2D eigenvalue weighted by atomic mass is 10.1. The first-order chi connectivity index (χ1) is 10.2. The lowest BCUT2D eigenvalue weighted by Crippen LogP contribution is -2.48. The summed E-state index contributed by atoms with van der Waals surface area (Å²) in [7, 11) is 1.69. The van der Waals surface area contributed by atoms with Crippen LogP contribution in [-0.2, 0) is 11.2 Å². The summed E-state index contributed by atoms with van der Waals surface area (Å²) in [5.41, 5.74) is 0.869. The van der Waals surface area contributed by atoms with E-state index in [1.54, 1.807) is 18.4 Å². The number of carbonyl (C=O) groups excluding carboxylic acids is 1. The second-order valence-electron chi connectivity index (χ2n) is 6.14. The number of aliphatic imine (C=N–C) groups is 1. The van der Waals surface area contributed by atoms with Crippen LogP contribution >= 0.6 is 35.3 Å². The number of halogens is 1. The summed E-state index contributed by atoms with van der Waals surface area (Å²) in [5.74, 6) is 0.576. The molecule has 1 amide bonds. The van der Waals surface area contributed by atoms with E-state index in [4.69, 9.17) is 0 Å². The van der Waals surface area contributed by atoms with E-state index >= 15 is 0 Å². The van der Waals surface area contributed by atoms with Crippen molar-refractivity contribution in [1.29, 1.82) is 0 Å². The Bertz CT molecular complexity index is 536. The molecule has 8 heteroatoms. The van der Waals surface area contributed by atoms with Crippen molar-refractivity contribution in [1.82, 2.24) is 20.9 Å². The molecule has 0 saturated carbocycles. The van der Waals surface area contributed by atoms with E-state index in [0.717, 1.165) is 23.7 Å². The third kappa shape index (κ3) is 9.09. The molecule has 1 aromatic heterocycles. The number of amides is 1. The fourth-order valence-electron chi connectivity index (χ4n) is 1.95. The largest absolute Gasteiger partial charge is 0.356 e. The average molecular weight is 453 g/mol. The van der Waals surface area contributed by atoms with Crippen molar-refractivity contribution in [2.45, 2.75) is 46.6 Å². The molecule has 0 radical (unpaired) electrons. The van der Waals surface area contributed by atoms with Gasteiger partial charge in [0.1, 0.15) is 0 Å². The number of aromatic nitrogens is 1. The van der Waals surface area contributed by atoms with Crippen molar-refractivity contribution >= 4 is 47.2 Å². The molecule has 0 bridgehead atoms. The van der Waals surface area contributed by atoms with Gasteiger partial charge in [-0.15, -0.1) is 35.3 Å². The van der Waals surface area contributed by atoms with Gasteiger partial charge in [-0.25, -0.2) is 4.98 Å². The third-order valence-corrected chi connectivity index (χ3v) is 3.93. The molecule has 0 unspecified atom stereocenters. The summed E-state index contributed by atoms with van der Waals surface area (Å²) < 4.78 is 0. The predicted octanol–water partition coefficient (Wildman–Crippen LogP) is 2.00. The molecule has 6 nitrogen and oxygen atoms in total. The molecule has 0 aliphatic rings. The second-order valence-corrected chi connectivity index (χ2v) is 7.43. The van der Waals surface area contributed by atoms with E-state index < -0.39 is 0 Å². The highest BCUT2D eigenvalue weighted by Gasteiger charge is 2.13. The molecule has 3 N–H and O–H groups in total. The van der Waals surface area contributed by atoms with E-state index in [1.165, 1.54) is 4.88 Å². The van der Waals surface area contributed by atoms with Gasteiger partial charge in [0.05, 0.1) is 17.2 Å². The van der Waals surface area contributed by atoms with Gasteiger partial charge in [0.25, 0.3) is 0 Å². The van der Waals surface area contributed by atoms with Crippen LogP contribution in [0.1, 0.15) is 36.3 Å². The van der Waals surface area contributed by atoms with Crippen molar-refractivity contribution in [3.05, 3.63) is 15.6 Å². The quantitative estimate of drug-likeness (QED) is 0.362. The first-order valence-electron chi connectivity index (χ1n) is 7.39. The van der Waals surface area contributed by atoms with Crippen molar-refractivity contribution in [2.75, 3.05) is 20.1 Å². The van der Waals surface area contributed by atoms with Crippen molar-refractivity contribution < 1.29 is 4.79 Å². The van der Waals surface area contributed by atoms with Gasteiger partial charge in [0, 0.05) is 30.4 Å². The molecule has 0 aliphatic carbocycles. The zero-order valence-corrected chi connectivity index (χ0v) is 17.9. The number of thiazole rings is 1. The summed E-state index contributed by atoms with van der Waals surface area (Å²) in [4.78, 5) is 21.6. The number of aryl methyl sites for hydroxylation is 2. The van der Waals surface area contributed by atoms with E-state index in [0.29, 0.717) is 5.96 Å². The molecule has 23 heavy (non-hydrogen) atoms. The molecule has 1 aromatic rings. The van der Waals surface area contributed by atoms with Crippen molar-refractivity contribution in [2.24, 2.45) is 4.99 Å². The molecule has 132 valence electrons. The Morgan fingerprint density at radius 3 is 2.39 bits per heavy atom. The number of nitrogens with zero attached hydrogens (tertiary/aromatic N) is 2. The van der Waals surface area contributed by atoms with Crippen LogP contribution < -0.4 is 16.0 Å². The van der Waals surface area contributed by atoms with Gasteiger partial charge >= 0.3 is 0 Å². The maximum absolute atomic E-state index is 11.8. The van der Waals surface area contributed by atoms with Crippen molar-refractivity contribution in [3.63, 3.8) is 0 Å². The van der Waals surface area contributed by atoms with E-state index in [9.17, 15) is 4.79 Å². The van der Waals surface area contributed by atoms with Gasteiger partial charge in [-0.2, -0.15) is 0 Å². The maximum atomic E-state index is 11.8. The van der Waals surface area contributed by atoms with Gasteiger partial charge in [-0.3, -0.25) is 9.79 Å². The summed E-state index contributed by atoms with van der Waals surface area (Å²) in [6.07, 6.45) is 0.895. The molecule has 0 saturated heterocycles. The third-order valence-electron chi connectivity index (χ3n) is 2.80. The molecule has 1 rings (SSSR count). The molecule has 0 fully saturated rings. The Labute approximate surface area is 160 Å². The molecule has 0 spiro atoms. The highest BCUT2D eigenvalue weighted by molar-refractivity contribution is 14.0. The number of rotatable bonds is 5. The highest BCUT2D eigenvalue weighted by atomic mass is 127. The van der Waals surface area contributed by atoms with Crippen LogP contribution in [0.25, 0.3) is 0 Å². The normalized spacial score (nSPS) is 11.7. The SMILES string of the molecule is CN=C(NCCc1sc(C)nc1C)NCC(=O)NC(C)(C)C.I. The lowest BCUT2D eigenvalue weighted by molar-refractivity contribution is -0.121. The maximum Gasteiger partial charge on any atom is 0.239 e. The summed E-state index contributed by atoms with van der Waals surface area (Å²) in [5, 5.41) is 10.2. The van der Waals surface area contributed by atoms with Gasteiger partial charge in [-0.1, -0.05) is 0 Å². The topological polar surface area (TPSA) is 78.4 Å². The molecule has 0 atom stereocenters.